The predicted molar refractivity (Wildman–Crippen MR) is 179 cm³/mol. The van der Waals surface area contributed by atoms with Crippen LogP contribution in [-0.4, -0.2) is 70.2 Å². The van der Waals surface area contributed by atoms with E-state index in [9.17, 15) is 21.6 Å². The second-order valence-electron chi connectivity index (χ2n) is 12.3. The van der Waals surface area contributed by atoms with Gasteiger partial charge in [-0.15, -0.1) is 0 Å². The van der Waals surface area contributed by atoms with Gasteiger partial charge in [0.25, 0.3) is 10.0 Å². The van der Waals surface area contributed by atoms with E-state index in [-0.39, 0.29) is 17.4 Å². The number of nitrogens with zero attached hydrogens (tertiary/aromatic N) is 5. The molecule has 1 unspecified atom stereocenters. The Hall–Kier alpha value is -4.50. The maximum atomic E-state index is 16.0. The average Bonchev–Trinajstić information content (AvgIpc) is 3.09. The molecule has 4 aromatic rings. The topological polar surface area (TPSA) is 88.1 Å². The van der Waals surface area contributed by atoms with Crippen LogP contribution in [0.25, 0.3) is 0 Å². The molecule has 1 atom stereocenters. The quantitative estimate of drug-likeness (QED) is 0.149. The summed E-state index contributed by atoms with van der Waals surface area (Å²) in [7, 11) is 1.66. The lowest BCUT2D eigenvalue weighted by atomic mass is 9.82. The number of ether oxygens (including phenoxy) is 2. The van der Waals surface area contributed by atoms with Crippen LogP contribution in [0.5, 0.6) is 11.5 Å². The summed E-state index contributed by atoms with van der Waals surface area (Å²) in [4.78, 5) is 10.7. The molecule has 268 valence electrons. The van der Waals surface area contributed by atoms with Crippen molar-refractivity contribution in [2.24, 2.45) is 0 Å². The molecule has 0 spiro atoms. The highest BCUT2D eigenvalue weighted by Crippen LogP contribution is 2.37. The molecule has 0 aliphatic carbocycles. The van der Waals surface area contributed by atoms with Crippen molar-refractivity contribution >= 4 is 21.7 Å². The van der Waals surface area contributed by atoms with Gasteiger partial charge in [-0.3, -0.25) is 0 Å². The van der Waals surface area contributed by atoms with Gasteiger partial charge in [0.2, 0.25) is 5.95 Å². The number of rotatable bonds is 12. The first kappa shape index (κ1) is 36.8. The highest BCUT2D eigenvalue weighted by molar-refractivity contribution is 7.92. The van der Waals surface area contributed by atoms with Crippen molar-refractivity contribution < 1.29 is 39.8 Å². The van der Waals surface area contributed by atoms with E-state index in [1.807, 2.05) is 19.0 Å². The van der Waals surface area contributed by atoms with Gasteiger partial charge in [0, 0.05) is 48.3 Å². The van der Waals surface area contributed by atoms with Crippen LogP contribution in [0.4, 0.5) is 33.6 Å². The van der Waals surface area contributed by atoms with Gasteiger partial charge in [-0.25, -0.2) is 31.5 Å². The van der Waals surface area contributed by atoms with Crippen LogP contribution < -0.4 is 18.7 Å². The van der Waals surface area contributed by atoms with Gasteiger partial charge in [-0.2, -0.15) is 13.2 Å². The summed E-state index contributed by atoms with van der Waals surface area (Å²) < 4.78 is 112. The van der Waals surface area contributed by atoms with Crippen LogP contribution in [0.15, 0.2) is 78.0 Å². The fraction of sp³-hybridized carbons (Fsp3) is 0.371. The van der Waals surface area contributed by atoms with Gasteiger partial charge >= 0.3 is 6.18 Å². The van der Waals surface area contributed by atoms with Crippen molar-refractivity contribution in [1.29, 1.82) is 0 Å². The van der Waals surface area contributed by atoms with Crippen LogP contribution in [0.1, 0.15) is 36.0 Å². The van der Waals surface area contributed by atoms with Gasteiger partial charge in [-0.05, 0) is 81.7 Å². The third-order valence-corrected chi connectivity index (χ3v) is 10.9. The molecule has 50 heavy (non-hydrogen) atoms. The van der Waals surface area contributed by atoms with Crippen molar-refractivity contribution in [3.63, 3.8) is 0 Å². The zero-order valence-electron chi connectivity index (χ0n) is 28.0. The Morgan fingerprint density at radius 1 is 0.940 bits per heavy atom. The number of sulfonamides is 1. The second-order valence-corrected chi connectivity index (χ2v) is 14.1. The number of likely N-dealkylation sites (N-methyl/N-ethyl adjacent to an activating group) is 1. The molecule has 9 nitrogen and oxygen atoms in total. The summed E-state index contributed by atoms with van der Waals surface area (Å²) in [6.07, 6.45) is 0.333. The predicted octanol–water partition coefficient (Wildman–Crippen LogP) is 6.72. The Morgan fingerprint density at radius 2 is 1.64 bits per heavy atom. The van der Waals surface area contributed by atoms with Gasteiger partial charge < -0.3 is 19.3 Å². The van der Waals surface area contributed by atoms with Gasteiger partial charge in [-0.1, -0.05) is 18.2 Å². The number of halogens is 5. The first-order valence-corrected chi connectivity index (χ1v) is 17.2. The summed E-state index contributed by atoms with van der Waals surface area (Å²) in [5.41, 5.74) is -0.225. The van der Waals surface area contributed by atoms with E-state index in [0.29, 0.717) is 60.0 Å². The van der Waals surface area contributed by atoms with E-state index in [4.69, 9.17) is 9.47 Å². The molecule has 1 aliphatic rings. The zero-order valence-corrected chi connectivity index (χ0v) is 28.9. The lowest BCUT2D eigenvalue weighted by molar-refractivity contribution is -0.137. The molecular formula is C35H38F5N5O4S. The van der Waals surface area contributed by atoms with Crippen molar-refractivity contribution in [3.8, 4) is 11.5 Å². The number of piperidine rings is 1. The lowest BCUT2D eigenvalue weighted by Crippen LogP contribution is -2.56. The van der Waals surface area contributed by atoms with Crippen LogP contribution in [0.3, 0.4) is 0 Å². The van der Waals surface area contributed by atoms with Crippen LogP contribution in [0, 0.1) is 11.6 Å². The van der Waals surface area contributed by atoms with Crippen LogP contribution in [0.2, 0.25) is 0 Å². The molecule has 1 saturated heterocycles. The number of alkyl halides is 3. The van der Waals surface area contributed by atoms with Gasteiger partial charge in [0.05, 0.1) is 26.3 Å². The molecule has 0 amide bonds. The minimum atomic E-state index is -4.93. The Kier molecular flexibility index (Phi) is 10.9. The fourth-order valence-corrected chi connectivity index (χ4v) is 7.76. The molecular weight excluding hydrogens is 681 g/mol. The molecule has 5 rings (SSSR count). The number of anilines is 2. The minimum Gasteiger partial charge on any atom is -0.497 e. The van der Waals surface area contributed by atoms with E-state index in [1.54, 1.807) is 29.2 Å². The summed E-state index contributed by atoms with van der Waals surface area (Å²) in [6, 6.07) is 13.4. The molecule has 3 aromatic carbocycles. The third-order valence-electron chi connectivity index (χ3n) is 9.12. The lowest BCUT2D eigenvalue weighted by Gasteiger charge is -2.48. The van der Waals surface area contributed by atoms with E-state index in [2.05, 4.69) is 9.97 Å². The first-order chi connectivity index (χ1) is 23.7. The number of benzene rings is 3. The summed E-state index contributed by atoms with van der Waals surface area (Å²) >= 11 is 0. The second kappa shape index (κ2) is 14.8. The minimum absolute atomic E-state index is 0.142. The Morgan fingerprint density at radius 3 is 2.26 bits per heavy atom. The van der Waals surface area contributed by atoms with E-state index in [0.717, 1.165) is 24.3 Å². The molecule has 15 heteroatoms. The third kappa shape index (κ3) is 7.78. The number of aromatic nitrogens is 2. The summed E-state index contributed by atoms with van der Waals surface area (Å²) in [5, 5.41) is 0. The highest BCUT2D eigenvalue weighted by atomic mass is 32.2. The number of hydrogen-bond donors (Lipinski definition) is 0. The van der Waals surface area contributed by atoms with Gasteiger partial charge in [0.15, 0.2) is 4.90 Å². The molecule has 1 fully saturated rings. The smallest absolute Gasteiger partial charge is 0.416 e. The normalized spacial score (nSPS) is 16.8. The largest absolute Gasteiger partial charge is 0.497 e. The number of aryl methyl sites for hydroxylation is 1. The number of hydrogen-bond acceptors (Lipinski definition) is 8. The van der Waals surface area contributed by atoms with E-state index in [1.165, 1.54) is 38.7 Å². The van der Waals surface area contributed by atoms with Crippen molar-refractivity contribution in [2.75, 3.05) is 50.6 Å². The van der Waals surface area contributed by atoms with Crippen LogP contribution in [-0.2, 0) is 29.2 Å². The number of methoxy groups -OCH3 is 2. The van der Waals surface area contributed by atoms with Gasteiger partial charge in [0.1, 0.15) is 23.1 Å². The molecule has 0 N–H and O–H groups in total. The summed E-state index contributed by atoms with van der Waals surface area (Å²) in [6.45, 7) is 0.333. The standard InChI is InChI=1S/C35H38F5N5O4S/c1-43(2)34(14-12-24-8-5-9-26(18-24)35(38,39)40)13-6-17-44(23-34)27-19-29(36)32(30(37)20-27)50(46,47)45(33-41-15-7-16-42-33)22-25-10-11-28(48-3)21-31(25)49-4/h5,7-11,15-16,18-21H,6,12-14,17,22-23H2,1-4H3. The van der Waals surface area contributed by atoms with Crippen molar-refractivity contribution in [2.45, 2.75) is 48.8 Å². The molecule has 2 heterocycles. The van der Waals surface area contributed by atoms with Crippen molar-refractivity contribution in [1.82, 2.24) is 14.9 Å². The monoisotopic (exact) mass is 719 g/mol. The maximum Gasteiger partial charge on any atom is 0.416 e. The molecule has 0 bridgehead atoms. The molecule has 1 aliphatic heterocycles. The van der Waals surface area contributed by atoms with E-state index < -0.39 is 50.4 Å². The molecule has 0 radical (unpaired) electrons. The SMILES string of the molecule is COc1ccc(CN(c2ncccn2)S(=O)(=O)c2c(F)cc(N3CCCC(CCc4cccc(C(F)(F)F)c4)(N(C)C)C3)cc2F)c(OC)c1. The first-order valence-electron chi connectivity index (χ1n) is 15.8. The summed E-state index contributed by atoms with van der Waals surface area (Å²) in [5.74, 6) is -2.17. The highest BCUT2D eigenvalue weighted by Gasteiger charge is 2.39. The Balaban J connectivity index is 1.45. The Labute approximate surface area is 288 Å². The fourth-order valence-electron chi connectivity index (χ4n) is 6.31. The van der Waals surface area contributed by atoms with Crippen molar-refractivity contribution in [3.05, 3.63) is 101 Å². The van der Waals surface area contributed by atoms with Crippen LogP contribution >= 0.6 is 0 Å². The van der Waals surface area contributed by atoms with E-state index >= 15 is 8.78 Å². The molecule has 1 aromatic heterocycles. The zero-order chi connectivity index (χ0) is 36.3. The molecule has 0 saturated carbocycles. The Bertz CT molecular complexity index is 1890. The maximum absolute atomic E-state index is 16.0. The average molecular weight is 720 g/mol.